The minimum absolute atomic E-state index is 0.0413. The van der Waals surface area contributed by atoms with E-state index in [-0.39, 0.29) is 18.0 Å². The Morgan fingerprint density at radius 1 is 1.47 bits per heavy atom. The molecule has 90 valence electrons. The summed E-state index contributed by atoms with van der Waals surface area (Å²) in [5.74, 6) is 0.244. The third-order valence-corrected chi connectivity index (χ3v) is 2.39. The van der Waals surface area contributed by atoms with Crippen LogP contribution in [0.25, 0.3) is 0 Å². The number of H-pyrrole nitrogens is 1. The topological polar surface area (TPSA) is 101 Å². The molecule has 17 heavy (non-hydrogen) atoms. The maximum Gasteiger partial charge on any atom is 0.331 e. The van der Waals surface area contributed by atoms with Crippen LogP contribution in [0.3, 0.4) is 0 Å². The first-order valence-electron chi connectivity index (χ1n) is 4.94. The first kappa shape index (κ1) is 11.2. The number of rotatable bonds is 2. The van der Waals surface area contributed by atoms with E-state index in [9.17, 15) is 14.7 Å². The summed E-state index contributed by atoms with van der Waals surface area (Å²) in [6.45, 7) is 3.19. The van der Waals surface area contributed by atoms with Crippen molar-refractivity contribution in [1.82, 2.24) is 14.7 Å². The quantitative estimate of drug-likeness (QED) is 0.759. The second kappa shape index (κ2) is 3.93. The van der Waals surface area contributed by atoms with Crippen LogP contribution in [0.1, 0.15) is 17.0 Å². The normalized spacial score (nSPS) is 10.7. The lowest BCUT2D eigenvalue weighted by Crippen LogP contribution is -2.31. The molecule has 2 aromatic heterocycles. The van der Waals surface area contributed by atoms with Gasteiger partial charge in [0.1, 0.15) is 11.5 Å². The van der Waals surface area contributed by atoms with Gasteiger partial charge in [-0.3, -0.25) is 14.3 Å². The minimum atomic E-state index is -0.682. The van der Waals surface area contributed by atoms with Crippen molar-refractivity contribution in [3.05, 3.63) is 43.9 Å². The number of hydrogen-bond donors (Lipinski definition) is 2. The smallest absolute Gasteiger partial charge is 0.331 e. The summed E-state index contributed by atoms with van der Waals surface area (Å²) in [6.07, 6.45) is 0. The Morgan fingerprint density at radius 3 is 2.76 bits per heavy atom. The van der Waals surface area contributed by atoms with Crippen molar-refractivity contribution < 1.29 is 9.63 Å². The number of aromatic nitrogens is 3. The molecule has 0 aliphatic rings. The van der Waals surface area contributed by atoms with Gasteiger partial charge in [-0.25, -0.2) is 4.79 Å². The molecule has 0 radical (unpaired) electrons. The summed E-state index contributed by atoms with van der Waals surface area (Å²) in [6, 6.07) is 1.65. The van der Waals surface area contributed by atoms with E-state index >= 15 is 0 Å². The number of nitrogens with zero attached hydrogens (tertiary/aromatic N) is 2. The molecule has 0 saturated heterocycles. The lowest BCUT2D eigenvalue weighted by molar-refractivity contribution is 0.378. The van der Waals surface area contributed by atoms with E-state index in [1.807, 2.05) is 0 Å². The van der Waals surface area contributed by atoms with Gasteiger partial charge in [-0.2, -0.15) is 0 Å². The minimum Gasteiger partial charge on any atom is -0.494 e. The zero-order valence-electron chi connectivity index (χ0n) is 9.35. The van der Waals surface area contributed by atoms with Gasteiger partial charge >= 0.3 is 5.69 Å². The first-order valence-corrected chi connectivity index (χ1v) is 4.94. The van der Waals surface area contributed by atoms with Crippen LogP contribution in [0.4, 0.5) is 0 Å². The monoisotopic (exact) mass is 237 g/mol. The molecule has 0 aliphatic carbocycles. The molecule has 0 spiro atoms. The third kappa shape index (κ3) is 1.99. The summed E-state index contributed by atoms with van der Waals surface area (Å²) < 4.78 is 5.87. The highest BCUT2D eigenvalue weighted by molar-refractivity contribution is 5.21. The number of nitrogens with one attached hydrogen (secondary N) is 1. The predicted octanol–water partition coefficient (Wildman–Crippen LogP) is -0.105. The summed E-state index contributed by atoms with van der Waals surface area (Å²) in [5.41, 5.74) is -0.699. The van der Waals surface area contributed by atoms with Gasteiger partial charge < -0.3 is 9.63 Å². The van der Waals surface area contributed by atoms with Crippen molar-refractivity contribution in [3.8, 4) is 5.88 Å². The van der Waals surface area contributed by atoms with Gasteiger partial charge in [-0.1, -0.05) is 5.16 Å². The molecule has 0 fully saturated rings. The summed E-state index contributed by atoms with van der Waals surface area (Å²) in [4.78, 5) is 24.8. The van der Waals surface area contributed by atoms with E-state index in [0.717, 1.165) is 4.57 Å². The van der Waals surface area contributed by atoms with Gasteiger partial charge in [0.15, 0.2) is 0 Å². The van der Waals surface area contributed by atoms with Crippen LogP contribution in [0.5, 0.6) is 5.88 Å². The molecular weight excluding hydrogens is 226 g/mol. The van der Waals surface area contributed by atoms with Gasteiger partial charge in [0, 0.05) is 6.07 Å². The fourth-order valence-corrected chi connectivity index (χ4v) is 1.46. The zero-order valence-corrected chi connectivity index (χ0v) is 9.35. The van der Waals surface area contributed by atoms with Crippen molar-refractivity contribution in [2.45, 2.75) is 20.4 Å². The SMILES string of the molecule is Cc1cc(Cn2c(O)c(C)c(=O)[nH]c2=O)no1. The molecule has 0 unspecified atom stereocenters. The van der Waals surface area contributed by atoms with Gasteiger partial charge in [0.05, 0.1) is 12.1 Å². The maximum atomic E-state index is 11.5. The molecule has 2 rings (SSSR count). The van der Waals surface area contributed by atoms with Gasteiger partial charge in [0.2, 0.25) is 5.88 Å². The largest absolute Gasteiger partial charge is 0.494 e. The Balaban J connectivity index is 2.50. The molecule has 7 nitrogen and oxygen atoms in total. The predicted molar refractivity (Wildman–Crippen MR) is 58.1 cm³/mol. The van der Waals surface area contributed by atoms with Crippen LogP contribution >= 0.6 is 0 Å². The van der Waals surface area contributed by atoms with Crippen molar-refractivity contribution in [2.24, 2.45) is 0 Å². The van der Waals surface area contributed by atoms with Gasteiger partial charge in [0.25, 0.3) is 5.56 Å². The Hall–Kier alpha value is -2.31. The van der Waals surface area contributed by atoms with E-state index in [1.165, 1.54) is 6.92 Å². The standard InChI is InChI=1S/C10H11N3O4/c1-5-3-7(12-17-5)4-13-9(15)6(2)8(14)11-10(13)16/h3,15H,4H2,1-2H3,(H,11,14,16). The molecule has 0 atom stereocenters. The third-order valence-electron chi connectivity index (χ3n) is 2.39. The molecule has 0 saturated carbocycles. The second-order valence-corrected chi connectivity index (χ2v) is 3.72. The molecule has 0 amide bonds. The van der Waals surface area contributed by atoms with Crippen LogP contribution in [0, 0.1) is 13.8 Å². The number of aromatic amines is 1. The van der Waals surface area contributed by atoms with E-state index in [0.29, 0.717) is 11.5 Å². The lowest BCUT2D eigenvalue weighted by Gasteiger charge is -2.06. The van der Waals surface area contributed by atoms with Crippen LogP contribution in [-0.4, -0.2) is 19.8 Å². The van der Waals surface area contributed by atoms with Crippen molar-refractivity contribution in [3.63, 3.8) is 0 Å². The fraction of sp³-hybridized carbons (Fsp3) is 0.300. The Kier molecular flexibility index (Phi) is 2.58. The van der Waals surface area contributed by atoms with Crippen molar-refractivity contribution >= 4 is 0 Å². The van der Waals surface area contributed by atoms with Crippen molar-refractivity contribution in [1.29, 1.82) is 0 Å². The molecular formula is C10H11N3O4. The Bertz CT molecular complexity index is 665. The highest BCUT2D eigenvalue weighted by Gasteiger charge is 2.12. The molecule has 2 aromatic rings. The Labute approximate surface area is 95.3 Å². The van der Waals surface area contributed by atoms with Gasteiger partial charge in [-0.15, -0.1) is 0 Å². The summed E-state index contributed by atoms with van der Waals surface area (Å²) in [7, 11) is 0. The molecule has 0 bridgehead atoms. The average Bonchev–Trinajstić information content (AvgIpc) is 2.67. The molecule has 2 heterocycles. The summed E-state index contributed by atoms with van der Waals surface area (Å²) >= 11 is 0. The highest BCUT2D eigenvalue weighted by Crippen LogP contribution is 2.11. The number of hydrogen-bond acceptors (Lipinski definition) is 5. The maximum absolute atomic E-state index is 11.5. The summed E-state index contributed by atoms with van der Waals surface area (Å²) in [5, 5.41) is 13.4. The number of aryl methyl sites for hydroxylation is 1. The second-order valence-electron chi connectivity index (χ2n) is 3.72. The fourth-order valence-electron chi connectivity index (χ4n) is 1.46. The molecule has 2 N–H and O–H groups in total. The van der Waals surface area contributed by atoms with Gasteiger partial charge in [-0.05, 0) is 13.8 Å². The van der Waals surface area contributed by atoms with Crippen LogP contribution in [0.2, 0.25) is 0 Å². The van der Waals surface area contributed by atoms with Crippen LogP contribution in [0.15, 0.2) is 20.2 Å². The van der Waals surface area contributed by atoms with Crippen LogP contribution in [-0.2, 0) is 6.54 Å². The van der Waals surface area contributed by atoms with E-state index in [2.05, 4.69) is 10.1 Å². The zero-order chi connectivity index (χ0) is 12.6. The average molecular weight is 237 g/mol. The van der Waals surface area contributed by atoms with E-state index in [1.54, 1.807) is 13.0 Å². The number of aromatic hydroxyl groups is 1. The van der Waals surface area contributed by atoms with E-state index in [4.69, 9.17) is 4.52 Å². The Morgan fingerprint density at radius 2 is 2.18 bits per heavy atom. The van der Waals surface area contributed by atoms with E-state index < -0.39 is 11.2 Å². The molecule has 0 aliphatic heterocycles. The molecule has 7 heteroatoms. The first-order chi connectivity index (χ1) is 7.99. The highest BCUT2D eigenvalue weighted by atomic mass is 16.5. The van der Waals surface area contributed by atoms with Crippen LogP contribution < -0.4 is 11.2 Å². The lowest BCUT2D eigenvalue weighted by atomic mass is 10.3. The molecule has 0 aromatic carbocycles. The van der Waals surface area contributed by atoms with Crippen molar-refractivity contribution in [2.75, 3.05) is 0 Å².